The van der Waals surface area contributed by atoms with E-state index >= 15 is 0 Å². The van der Waals surface area contributed by atoms with Crippen molar-refractivity contribution in [3.63, 3.8) is 0 Å². The third kappa shape index (κ3) is 5.71. The van der Waals surface area contributed by atoms with Gasteiger partial charge in [-0.05, 0) is 24.3 Å². The molecule has 0 atom stereocenters. The first-order valence-electron chi connectivity index (χ1n) is 9.43. The van der Waals surface area contributed by atoms with Gasteiger partial charge in [-0.2, -0.15) is 0 Å². The van der Waals surface area contributed by atoms with Crippen molar-refractivity contribution in [2.24, 2.45) is 0 Å². The summed E-state index contributed by atoms with van der Waals surface area (Å²) in [5, 5.41) is 12.0. The predicted octanol–water partition coefficient (Wildman–Crippen LogP) is 1.95. The van der Waals surface area contributed by atoms with Gasteiger partial charge in [0, 0.05) is 37.6 Å². The van der Waals surface area contributed by atoms with Crippen molar-refractivity contribution in [1.29, 1.82) is 0 Å². The summed E-state index contributed by atoms with van der Waals surface area (Å²) in [6.07, 6.45) is 0. The fraction of sp³-hybridized carbons (Fsp3) is 0.286. The number of carbonyl (C=O) groups excluding carboxylic acids is 2. The van der Waals surface area contributed by atoms with Gasteiger partial charge < -0.3 is 25.1 Å². The number of amides is 3. The van der Waals surface area contributed by atoms with E-state index in [0.717, 1.165) is 5.69 Å². The monoisotopic (exact) mass is 396 g/mol. The van der Waals surface area contributed by atoms with Crippen molar-refractivity contribution in [3.8, 4) is 0 Å². The molecule has 0 bridgehead atoms. The van der Waals surface area contributed by atoms with Crippen molar-refractivity contribution in [2.75, 3.05) is 49.5 Å². The summed E-state index contributed by atoms with van der Waals surface area (Å²) in [6.45, 7) is 1.40. The fourth-order valence-corrected chi connectivity index (χ4v) is 3.19. The molecule has 0 unspecified atom stereocenters. The largest absolute Gasteiger partial charge is 0.480 e. The van der Waals surface area contributed by atoms with Crippen LogP contribution >= 0.6 is 0 Å². The molecule has 1 heterocycles. The molecule has 1 saturated heterocycles. The molecule has 3 amide bonds. The lowest BCUT2D eigenvalue weighted by Gasteiger charge is -2.36. The van der Waals surface area contributed by atoms with Crippen LogP contribution in [0.3, 0.4) is 0 Å². The second-order valence-electron chi connectivity index (χ2n) is 6.75. The maximum Gasteiger partial charge on any atom is 0.323 e. The van der Waals surface area contributed by atoms with Gasteiger partial charge in [0.05, 0.1) is 6.54 Å². The van der Waals surface area contributed by atoms with E-state index in [4.69, 9.17) is 5.11 Å². The van der Waals surface area contributed by atoms with Gasteiger partial charge in [0.25, 0.3) is 0 Å². The zero-order valence-electron chi connectivity index (χ0n) is 16.0. The lowest BCUT2D eigenvalue weighted by atomic mass is 10.2. The average molecular weight is 396 g/mol. The van der Waals surface area contributed by atoms with Crippen LogP contribution in [0.2, 0.25) is 0 Å². The molecule has 2 aromatic rings. The first kappa shape index (κ1) is 20.2. The Kier molecular flexibility index (Phi) is 6.67. The quantitative estimate of drug-likeness (QED) is 0.779. The molecule has 0 aromatic heterocycles. The molecule has 2 aromatic carbocycles. The van der Waals surface area contributed by atoms with Crippen LogP contribution in [-0.2, 0) is 9.59 Å². The normalized spacial score (nSPS) is 13.7. The first-order chi connectivity index (χ1) is 14.0. The molecular weight excluding hydrogens is 372 g/mol. The number of carbonyl (C=O) groups is 3. The molecule has 8 nitrogen and oxygen atoms in total. The predicted molar refractivity (Wildman–Crippen MR) is 110 cm³/mol. The van der Waals surface area contributed by atoms with E-state index < -0.39 is 5.97 Å². The summed E-state index contributed by atoms with van der Waals surface area (Å²) >= 11 is 0. The van der Waals surface area contributed by atoms with Crippen LogP contribution in [0.5, 0.6) is 0 Å². The Balaban J connectivity index is 1.53. The number of anilines is 2. The molecule has 1 fully saturated rings. The van der Waals surface area contributed by atoms with Gasteiger partial charge in [-0.15, -0.1) is 0 Å². The number of rotatable bonds is 6. The smallest absolute Gasteiger partial charge is 0.323 e. The molecule has 29 heavy (non-hydrogen) atoms. The lowest BCUT2D eigenvalue weighted by Crippen LogP contribution is -2.53. The topological polar surface area (TPSA) is 93.2 Å². The first-order valence-corrected chi connectivity index (χ1v) is 9.43. The van der Waals surface area contributed by atoms with Crippen LogP contribution in [0.25, 0.3) is 0 Å². The molecule has 0 saturated carbocycles. The highest BCUT2D eigenvalue weighted by atomic mass is 16.4. The second kappa shape index (κ2) is 9.59. The maximum atomic E-state index is 12.7. The van der Waals surface area contributed by atoms with Crippen molar-refractivity contribution >= 4 is 29.3 Å². The Bertz CT molecular complexity index is 836. The number of carboxylic acid groups (broad SMARTS) is 1. The van der Waals surface area contributed by atoms with E-state index in [0.29, 0.717) is 31.9 Å². The molecule has 2 N–H and O–H groups in total. The number of para-hydroxylation sites is 2. The van der Waals surface area contributed by atoms with Crippen molar-refractivity contribution < 1.29 is 19.5 Å². The number of hydrogen-bond donors (Lipinski definition) is 2. The number of benzene rings is 2. The number of nitrogens with zero attached hydrogens (tertiary/aromatic N) is 3. The number of carboxylic acids is 1. The molecule has 8 heteroatoms. The Labute approximate surface area is 169 Å². The van der Waals surface area contributed by atoms with E-state index in [2.05, 4.69) is 5.32 Å². The van der Waals surface area contributed by atoms with Gasteiger partial charge >= 0.3 is 12.0 Å². The minimum absolute atomic E-state index is 0.0213. The molecule has 1 aliphatic heterocycles. The van der Waals surface area contributed by atoms with Crippen LogP contribution < -0.4 is 10.2 Å². The lowest BCUT2D eigenvalue weighted by molar-refractivity contribution is -0.135. The van der Waals surface area contributed by atoms with Gasteiger partial charge in [-0.1, -0.05) is 36.4 Å². The number of urea groups is 1. The summed E-state index contributed by atoms with van der Waals surface area (Å²) in [5.41, 5.74) is 1.41. The third-order valence-corrected chi connectivity index (χ3v) is 4.72. The number of hydrogen-bond acceptors (Lipinski definition) is 4. The standard InChI is InChI=1S/C21H24N4O4/c26-19(15-25(16-20(27)28)18-9-5-2-6-10-18)23-11-13-24(14-12-23)21(29)22-17-7-3-1-4-8-17/h1-10H,11-16H2,(H,22,29)(H,27,28). The zero-order chi connectivity index (χ0) is 20.6. The van der Waals surface area contributed by atoms with Crippen LogP contribution in [0.4, 0.5) is 16.2 Å². The molecule has 0 radical (unpaired) electrons. The van der Waals surface area contributed by atoms with Gasteiger partial charge in [0.15, 0.2) is 0 Å². The van der Waals surface area contributed by atoms with E-state index in [1.807, 2.05) is 36.4 Å². The summed E-state index contributed by atoms with van der Waals surface area (Å²) in [5.74, 6) is -1.15. The van der Waals surface area contributed by atoms with Crippen LogP contribution in [0.15, 0.2) is 60.7 Å². The summed E-state index contributed by atoms with van der Waals surface area (Å²) < 4.78 is 0. The molecule has 152 valence electrons. The highest BCUT2D eigenvalue weighted by Gasteiger charge is 2.26. The highest BCUT2D eigenvalue weighted by molar-refractivity contribution is 5.89. The average Bonchev–Trinajstić information content (AvgIpc) is 2.74. The third-order valence-electron chi connectivity index (χ3n) is 4.72. The van der Waals surface area contributed by atoms with E-state index in [1.54, 1.807) is 39.0 Å². The summed E-state index contributed by atoms with van der Waals surface area (Å²) in [4.78, 5) is 41.1. The van der Waals surface area contributed by atoms with Crippen molar-refractivity contribution in [1.82, 2.24) is 9.80 Å². The Morgan fingerprint density at radius 1 is 0.828 bits per heavy atom. The molecule has 0 spiro atoms. The second-order valence-corrected chi connectivity index (χ2v) is 6.75. The van der Waals surface area contributed by atoms with Crippen LogP contribution in [-0.4, -0.2) is 72.1 Å². The fourth-order valence-electron chi connectivity index (χ4n) is 3.19. The van der Waals surface area contributed by atoms with Gasteiger partial charge in [-0.25, -0.2) is 4.79 Å². The van der Waals surface area contributed by atoms with Gasteiger partial charge in [0.2, 0.25) is 5.91 Å². The minimum Gasteiger partial charge on any atom is -0.480 e. The summed E-state index contributed by atoms with van der Waals surface area (Å²) in [6, 6.07) is 18.0. The van der Waals surface area contributed by atoms with Gasteiger partial charge in [0.1, 0.15) is 6.54 Å². The SMILES string of the molecule is O=C(O)CN(CC(=O)N1CCN(C(=O)Nc2ccccc2)CC1)c1ccccc1. The highest BCUT2D eigenvalue weighted by Crippen LogP contribution is 2.14. The summed E-state index contributed by atoms with van der Waals surface area (Å²) in [7, 11) is 0. The Hall–Kier alpha value is -3.55. The minimum atomic E-state index is -0.996. The number of piperazine rings is 1. The molecular formula is C21H24N4O4. The Morgan fingerprint density at radius 2 is 1.38 bits per heavy atom. The Morgan fingerprint density at radius 3 is 1.97 bits per heavy atom. The van der Waals surface area contributed by atoms with Crippen LogP contribution in [0, 0.1) is 0 Å². The maximum absolute atomic E-state index is 12.7. The van der Waals surface area contributed by atoms with Crippen LogP contribution in [0.1, 0.15) is 0 Å². The molecule has 1 aliphatic rings. The zero-order valence-corrected chi connectivity index (χ0v) is 16.0. The number of nitrogens with one attached hydrogen (secondary N) is 1. The van der Waals surface area contributed by atoms with E-state index in [9.17, 15) is 14.4 Å². The van der Waals surface area contributed by atoms with Crippen molar-refractivity contribution in [2.45, 2.75) is 0 Å². The molecule has 3 rings (SSSR count). The number of aliphatic carboxylic acids is 1. The van der Waals surface area contributed by atoms with Crippen molar-refractivity contribution in [3.05, 3.63) is 60.7 Å². The van der Waals surface area contributed by atoms with E-state index in [1.165, 1.54) is 0 Å². The van der Waals surface area contributed by atoms with Gasteiger partial charge in [-0.3, -0.25) is 9.59 Å². The van der Waals surface area contributed by atoms with E-state index in [-0.39, 0.29) is 25.0 Å². The molecule has 0 aliphatic carbocycles.